The van der Waals surface area contributed by atoms with Gasteiger partial charge in [-0.15, -0.1) is 0 Å². The highest BCUT2D eigenvalue weighted by atomic mass is 16.6. The van der Waals surface area contributed by atoms with E-state index in [0.717, 1.165) is 18.4 Å². The lowest BCUT2D eigenvalue weighted by Crippen LogP contribution is -2.37. The number of benzene rings is 3. The molecule has 0 bridgehead atoms. The van der Waals surface area contributed by atoms with Crippen LogP contribution in [0.2, 0.25) is 0 Å². The first-order valence-electron chi connectivity index (χ1n) is 12.5. The van der Waals surface area contributed by atoms with Crippen molar-refractivity contribution in [3.63, 3.8) is 0 Å². The lowest BCUT2D eigenvalue weighted by molar-refractivity contribution is 0.152. The number of phenols is 1. The number of aromatic amines is 1. The predicted octanol–water partition coefficient (Wildman–Crippen LogP) is 6.96. The molecular formula is C30H34N2O3. The maximum absolute atomic E-state index is 13.1. The monoisotopic (exact) mass is 470 g/mol. The minimum atomic E-state index is -0.374. The minimum Gasteiger partial charge on any atom is -0.508 e. The van der Waals surface area contributed by atoms with Crippen LogP contribution >= 0.6 is 0 Å². The van der Waals surface area contributed by atoms with E-state index in [2.05, 4.69) is 61.3 Å². The van der Waals surface area contributed by atoms with Gasteiger partial charge in [0.2, 0.25) is 0 Å². The largest absolute Gasteiger partial charge is 0.508 e. The third-order valence-electron chi connectivity index (χ3n) is 6.57. The van der Waals surface area contributed by atoms with Gasteiger partial charge in [0, 0.05) is 35.6 Å². The molecule has 182 valence electrons. The number of nitrogens with zero attached hydrogens (tertiary/aromatic N) is 1. The van der Waals surface area contributed by atoms with E-state index in [4.69, 9.17) is 4.74 Å². The van der Waals surface area contributed by atoms with E-state index in [1.807, 2.05) is 13.8 Å². The Balaban J connectivity index is 0.00000141. The number of nitrogens with one attached hydrogen (secondary N) is 1. The zero-order chi connectivity index (χ0) is 24.9. The molecule has 5 rings (SSSR count). The molecule has 4 aromatic rings. The van der Waals surface area contributed by atoms with Crippen molar-refractivity contribution in [1.82, 2.24) is 9.88 Å². The zero-order valence-electron chi connectivity index (χ0n) is 21.0. The molecule has 5 heteroatoms. The van der Waals surface area contributed by atoms with E-state index in [1.54, 1.807) is 17.0 Å². The molecule has 1 aliphatic rings. The Morgan fingerprint density at radius 2 is 1.77 bits per heavy atom. The number of hydrogen-bond donors (Lipinski definition) is 2. The van der Waals surface area contributed by atoms with Crippen molar-refractivity contribution in [1.29, 1.82) is 0 Å². The van der Waals surface area contributed by atoms with E-state index in [1.165, 1.54) is 45.5 Å². The summed E-state index contributed by atoms with van der Waals surface area (Å²) in [5.74, 6) is 0.583. The van der Waals surface area contributed by atoms with Gasteiger partial charge in [0.1, 0.15) is 11.5 Å². The molecular weight excluding hydrogens is 436 g/mol. The summed E-state index contributed by atoms with van der Waals surface area (Å²) in [4.78, 5) is 18.6. The lowest BCUT2D eigenvalue weighted by atomic mass is 9.91. The van der Waals surface area contributed by atoms with Crippen LogP contribution in [0.15, 0.2) is 66.7 Å². The molecule has 2 heterocycles. The Morgan fingerprint density at radius 3 is 2.46 bits per heavy atom. The third-order valence-corrected chi connectivity index (χ3v) is 6.57. The highest BCUT2D eigenvalue weighted by molar-refractivity contribution is 5.86. The molecule has 0 aliphatic carbocycles. The Hall–Kier alpha value is -3.73. The van der Waals surface area contributed by atoms with E-state index >= 15 is 0 Å². The van der Waals surface area contributed by atoms with Crippen LogP contribution in [-0.4, -0.2) is 34.2 Å². The average molecular weight is 471 g/mol. The second kappa shape index (κ2) is 10.7. The number of amides is 1. The molecule has 1 aromatic heterocycles. The maximum atomic E-state index is 13.1. The molecule has 0 fully saturated rings. The fourth-order valence-corrected chi connectivity index (χ4v) is 4.70. The van der Waals surface area contributed by atoms with Crippen molar-refractivity contribution >= 4 is 17.0 Å². The summed E-state index contributed by atoms with van der Waals surface area (Å²) in [5.41, 5.74) is 7.30. The van der Waals surface area contributed by atoms with E-state index < -0.39 is 0 Å². The smallest absolute Gasteiger partial charge is 0.415 e. The Bertz CT molecular complexity index is 1290. The summed E-state index contributed by atoms with van der Waals surface area (Å²) in [7, 11) is 0. The standard InChI is InChI=1S/C28H28N2O3.C2H6/c1-3-19-5-7-20(8-6-19)25-17-30(28(32)33-22-11-9-21(31)10-12-22)15-14-23-24-16-18(2)4-13-26(24)29-27(23)25;1-2/h4-13,16,25,29,31H,3,14-15,17H2,1-2H3;1-2H3. The number of carbonyl (C=O) groups is 1. The zero-order valence-corrected chi connectivity index (χ0v) is 21.0. The number of aromatic nitrogens is 1. The Labute approximate surface area is 207 Å². The molecule has 0 saturated carbocycles. The molecule has 1 aliphatic heterocycles. The van der Waals surface area contributed by atoms with Crippen LogP contribution < -0.4 is 4.74 Å². The first kappa shape index (κ1) is 24.4. The lowest BCUT2D eigenvalue weighted by Gasteiger charge is -2.24. The molecule has 1 atom stereocenters. The van der Waals surface area contributed by atoms with E-state index in [9.17, 15) is 9.90 Å². The molecule has 0 radical (unpaired) electrons. The quantitative estimate of drug-likeness (QED) is 0.340. The van der Waals surface area contributed by atoms with Crippen molar-refractivity contribution < 1.29 is 14.6 Å². The van der Waals surface area contributed by atoms with Gasteiger partial charge in [-0.1, -0.05) is 56.7 Å². The van der Waals surface area contributed by atoms with Crippen molar-refractivity contribution in [3.8, 4) is 11.5 Å². The minimum absolute atomic E-state index is 0.0217. The van der Waals surface area contributed by atoms with Crippen LogP contribution in [0.5, 0.6) is 11.5 Å². The van der Waals surface area contributed by atoms with Gasteiger partial charge in [-0.05, 0) is 72.9 Å². The third kappa shape index (κ3) is 5.19. The molecule has 0 spiro atoms. The number of H-pyrrole nitrogens is 1. The van der Waals surface area contributed by atoms with Crippen molar-refractivity contribution in [2.24, 2.45) is 0 Å². The summed E-state index contributed by atoms with van der Waals surface area (Å²) < 4.78 is 5.63. The summed E-state index contributed by atoms with van der Waals surface area (Å²) in [6.45, 7) is 9.37. The van der Waals surface area contributed by atoms with Crippen molar-refractivity contribution in [3.05, 3.63) is 94.7 Å². The van der Waals surface area contributed by atoms with Crippen molar-refractivity contribution in [2.45, 2.75) is 46.5 Å². The van der Waals surface area contributed by atoms with Gasteiger partial charge in [0.05, 0.1) is 0 Å². The molecule has 0 saturated heterocycles. The number of rotatable bonds is 3. The molecule has 1 amide bonds. The van der Waals surface area contributed by atoms with Crippen LogP contribution in [0.1, 0.15) is 54.6 Å². The number of ether oxygens (including phenoxy) is 1. The highest BCUT2D eigenvalue weighted by Gasteiger charge is 2.30. The second-order valence-corrected chi connectivity index (χ2v) is 8.77. The first-order chi connectivity index (χ1) is 17.0. The fourth-order valence-electron chi connectivity index (χ4n) is 4.70. The fraction of sp³-hybridized carbons (Fsp3) is 0.300. The van der Waals surface area contributed by atoms with Crippen LogP contribution in [-0.2, 0) is 12.8 Å². The number of phenolic OH excluding ortho intramolecular Hbond substituents is 1. The number of hydrogen-bond acceptors (Lipinski definition) is 3. The van der Waals surface area contributed by atoms with Gasteiger partial charge in [-0.25, -0.2) is 4.79 Å². The molecule has 35 heavy (non-hydrogen) atoms. The predicted molar refractivity (Wildman–Crippen MR) is 141 cm³/mol. The van der Waals surface area contributed by atoms with Crippen LogP contribution in [0.25, 0.3) is 10.9 Å². The summed E-state index contributed by atoms with van der Waals surface area (Å²) in [6, 6.07) is 21.4. The normalized spacial score (nSPS) is 15.1. The van der Waals surface area contributed by atoms with Gasteiger partial charge in [-0.3, -0.25) is 0 Å². The van der Waals surface area contributed by atoms with Gasteiger partial charge in [0.15, 0.2) is 0 Å². The first-order valence-corrected chi connectivity index (χ1v) is 12.5. The summed E-state index contributed by atoms with van der Waals surface area (Å²) in [6.07, 6.45) is 1.38. The summed E-state index contributed by atoms with van der Waals surface area (Å²) in [5, 5.41) is 10.7. The van der Waals surface area contributed by atoms with Crippen LogP contribution in [0, 0.1) is 6.92 Å². The van der Waals surface area contributed by atoms with Gasteiger partial charge in [-0.2, -0.15) is 0 Å². The molecule has 5 nitrogen and oxygen atoms in total. The Kier molecular flexibility index (Phi) is 7.45. The summed E-state index contributed by atoms with van der Waals surface area (Å²) >= 11 is 0. The number of carbonyl (C=O) groups excluding carboxylic acids is 1. The topological polar surface area (TPSA) is 65.6 Å². The number of aromatic hydroxyl groups is 1. The van der Waals surface area contributed by atoms with Gasteiger partial charge < -0.3 is 19.7 Å². The SMILES string of the molecule is CC.CCc1ccc(C2CN(C(=O)Oc3ccc(O)cc3)CCc3c2[nH]c2ccc(C)cc32)cc1. The molecule has 2 N–H and O–H groups in total. The van der Waals surface area contributed by atoms with E-state index in [-0.39, 0.29) is 17.8 Å². The van der Waals surface area contributed by atoms with Crippen molar-refractivity contribution in [2.75, 3.05) is 13.1 Å². The van der Waals surface area contributed by atoms with E-state index in [0.29, 0.717) is 18.8 Å². The number of fused-ring (bicyclic) bond motifs is 3. The molecule has 1 unspecified atom stereocenters. The Morgan fingerprint density at radius 1 is 1.06 bits per heavy atom. The molecule has 3 aromatic carbocycles. The second-order valence-electron chi connectivity index (χ2n) is 8.77. The van der Waals surface area contributed by atoms with Crippen LogP contribution in [0.3, 0.4) is 0 Å². The van der Waals surface area contributed by atoms with Gasteiger partial charge >= 0.3 is 6.09 Å². The van der Waals surface area contributed by atoms with Crippen LogP contribution in [0.4, 0.5) is 4.79 Å². The highest BCUT2D eigenvalue weighted by Crippen LogP contribution is 2.36. The average Bonchev–Trinajstić information content (AvgIpc) is 3.12. The number of aryl methyl sites for hydroxylation is 2. The van der Waals surface area contributed by atoms with Gasteiger partial charge in [0.25, 0.3) is 0 Å². The maximum Gasteiger partial charge on any atom is 0.415 e.